The van der Waals surface area contributed by atoms with Gasteiger partial charge >= 0.3 is 0 Å². The van der Waals surface area contributed by atoms with Gasteiger partial charge in [-0.25, -0.2) is 4.99 Å². The molecular weight excluding hydrogens is 318 g/mol. The number of hydrogen-bond acceptors (Lipinski definition) is 4. The summed E-state index contributed by atoms with van der Waals surface area (Å²) in [5.41, 5.74) is 2.38. The summed E-state index contributed by atoms with van der Waals surface area (Å²) in [6.45, 7) is 9.69. The lowest BCUT2D eigenvalue weighted by Gasteiger charge is -2.12. The lowest BCUT2D eigenvalue weighted by molar-refractivity contribution is 0.0698. The molecule has 0 saturated carbocycles. The summed E-state index contributed by atoms with van der Waals surface area (Å²) in [5, 5.41) is 6.61. The van der Waals surface area contributed by atoms with Crippen LogP contribution in [0.3, 0.4) is 0 Å². The largest absolute Gasteiger partial charge is 0.382 e. The van der Waals surface area contributed by atoms with Crippen molar-refractivity contribution in [3.8, 4) is 0 Å². The van der Waals surface area contributed by atoms with E-state index in [1.54, 1.807) is 7.11 Å². The Balaban J connectivity index is 2.44. The number of nitrogens with zero attached hydrogens (tertiary/aromatic N) is 1. The third-order valence-corrected chi connectivity index (χ3v) is 3.52. The first-order valence-corrected chi connectivity index (χ1v) is 9.05. The number of benzene rings is 1. The highest BCUT2D eigenvalue weighted by atomic mass is 16.5. The van der Waals surface area contributed by atoms with E-state index in [9.17, 15) is 0 Å². The van der Waals surface area contributed by atoms with Gasteiger partial charge in [0.2, 0.25) is 0 Å². The van der Waals surface area contributed by atoms with Crippen LogP contribution in [-0.2, 0) is 27.4 Å². The van der Waals surface area contributed by atoms with Crippen molar-refractivity contribution in [2.45, 2.75) is 33.4 Å². The Kier molecular flexibility index (Phi) is 12.6. The van der Waals surface area contributed by atoms with Gasteiger partial charge < -0.3 is 24.8 Å². The van der Waals surface area contributed by atoms with Gasteiger partial charge in [-0.2, -0.15) is 0 Å². The van der Waals surface area contributed by atoms with E-state index >= 15 is 0 Å². The summed E-state index contributed by atoms with van der Waals surface area (Å²) < 4.78 is 15.9. The highest BCUT2D eigenvalue weighted by molar-refractivity contribution is 5.79. The Hall–Kier alpha value is -1.63. The van der Waals surface area contributed by atoms with Gasteiger partial charge in [0.1, 0.15) is 0 Å². The van der Waals surface area contributed by atoms with Crippen LogP contribution in [0.25, 0.3) is 0 Å². The highest BCUT2D eigenvalue weighted by Gasteiger charge is 2.02. The Morgan fingerprint density at radius 2 is 1.80 bits per heavy atom. The van der Waals surface area contributed by atoms with Crippen LogP contribution in [-0.4, -0.2) is 52.6 Å². The minimum Gasteiger partial charge on any atom is -0.382 e. The zero-order valence-corrected chi connectivity index (χ0v) is 15.8. The van der Waals surface area contributed by atoms with Crippen LogP contribution in [0.4, 0.5) is 0 Å². The fourth-order valence-corrected chi connectivity index (χ4v) is 2.20. The quantitative estimate of drug-likeness (QED) is 0.324. The number of guanidine groups is 1. The van der Waals surface area contributed by atoms with Crippen LogP contribution in [0, 0.1) is 0 Å². The number of nitrogens with one attached hydrogen (secondary N) is 2. The first kappa shape index (κ1) is 21.4. The van der Waals surface area contributed by atoms with Gasteiger partial charge in [0.15, 0.2) is 5.96 Å². The molecule has 0 aliphatic rings. The van der Waals surface area contributed by atoms with E-state index in [0.717, 1.165) is 25.5 Å². The molecule has 0 bridgehead atoms. The third-order valence-electron chi connectivity index (χ3n) is 3.52. The summed E-state index contributed by atoms with van der Waals surface area (Å²) >= 11 is 0. The lowest BCUT2D eigenvalue weighted by atomic mass is 10.1. The van der Waals surface area contributed by atoms with Crippen LogP contribution in [0.2, 0.25) is 0 Å². The van der Waals surface area contributed by atoms with E-state index in [1.165, 1.54) is 11.1 Å². The first-order valence-electron chi connectivity index (χ1n) is 9.05. The van der Waals surface area contributed by atoms with Gasteiger partial charge in [-0.3, -0.25) is 0 Å². The van der Waals surface area contributed by atoms with Gasteiger partial charge in [0, 0.05) is 33.4 Å². The second-order valence-corrected chi connectivity index (χ2v) is 5.49. The Morgan fingerprint density at radius 1 is 1.00 bits per heavy atom. The molecule has 142 valence electrons. The summed E-state index contributed by atoms with van der Waals surface area (Å²) in [7, 11) is 1.68. The minimum absolute atomic E-state index is 0.628. The number of hydrogen-bond donors (Lipinski definition) is 2. The smallest absolute Gasteiger partial charge is 0.191 e. The molecule has 0 radical (unpaired) electrons. The maximum absolute atomic E-state index is 5.53. The average molecular weight is 351 g/mol. The molecule has 0 aliphatic heterocycles. The van der Waals surface area contributed by atoms with E-state index in [-0.39, 0.29) is 0 Å². The van der Waals surface area contributed by atoms with Crippen molar-refractivity contribution in [1.29, 1.82) is 0 Å². The number of ether oxygens (including phenoxy) is 3. The predicted octanol–water partition coefficient (Wildman–Crippen LogP) is 2.33. The number of rotatable bonds is 13. The molecule has 1 aromatic rings. The van der Waals surface area contributed by atoms with Gasteiger partial charge in [0.25, 0.3) is 0 Å². The molecule has 0 fully saturated rings. The summed E-state index contributed by atoms with van der Waals surface area (Å²) in [6.07, 6.45) is 0.926. The van der Waals surface area contributed by atoms with Gasteiger partial charge in [-0.1, -0.05) is 24.3 Å². The maximum atomic E-state index is 5.53. The van der Waals surface area contributed by atoms with E-state index in [4.69, 9.17) is 14.2 Å². The Labute approximate surface area is 152 Å². The van der Waals surface area contributed by atoms with Gasteiger partial charge in [-0.05, 0) is 31.4 Å². The molecule has 2 N–H and O–H groups in total. The molecule has 0 atom stereocenters. The van der Waals surface area contributed by atoms with Crippen molar-refractivity contribution in [2.75, 3.05) is 46.6 Å². The van der Waals surface area contributed by atoms with Crippen LogP contribution >= 0.6 is 0 Å². The average Bonchev–Trinajstić information content (AvgIpc) is 2.64. The molecule has 6 nitrogen and oxygen atoms in total. The van der Waals surface area contributed by atoms with E-state index < -0.39 is 0 Å². The van der Waals surface area contributed by atoms with Crippen molar-refractivity contribution in [3.63, 3.8) is 0 Å². The standard InChI is InChI=1S/C19H33N3O3/c1-4-20-19(21-11-8-12-25-14-13-23-3)22-15-17-9-6-7-10-18(17)16-24-5-2/h6-7,9-10H,4-5,8,11-16H2,1-3H3,(H2,20,21,22). The molecule has 0 aromatic heterocycles. The topological polar surface area (TPSA) is 64.1 Å². The zero-order chi connectivity index (χ0) is 18.2. The SMILES string of the molecule is CCNC(=NCc1ccccc1COCC)NCCCOCCOC. The summed E-state index contributed by atoms with van der Waals surface area (Å²) in [6, 6.07) is 8.27. The van der Waals surface area contributed by atoms with Crippen LogP contribution in [0.15, 0.2) is 29.3 Å². The second kappa shape index (κ2) is 14.7. The molecule has 1 rings (SSSR count). The van der Waals surface area contributed by atoms with Crippen molar-refractivity contribution < 1.29 is 14.2 Å². The molecule has 0 amide bonds. The molecular formula is C19H33N3O3. The van der Waals surface area contributed by atoms with Crippen molar-refractivity contribution in [3.05, 3.63) is 35.4 Å². The molecule has 0 saturated heterocycles. The fraction of sp³-hybridized carbons (Fsp3) is 0.632. The van der Waals surface area contributed by atoms with E-state index in [1.807, 2.05) is 19.1 Å². The maximum Gasteiger partial charge on any atom is 0.191 e. The molecule has 0 spiro atoms. The summed E-state index contributed by atoms with van der Waals surface area (Å²) in [4.78, 5) is 4.68. The van der Waals surface area contributed by atoms with Crippen LogP contribution < -0.4 is 10.6 Å². The van der Waals surface area contributed by atoms with Gasteiger partial charge in [-0.15, -0.1) is 0 Å². The molecule has 1 aromatic carbocycles. The van der Waals surface area contributed by atoms with Crippen molar-refractivity contribution in [1.82, 2.24) is 10.6 Å². The van der Waals surface area contributed by atoms with E-state index in [0.29, 0.717) is 39.6 Å². The highest BCUT2D eigenvalue weighted by Crippen LogP contribution is 2.11. The van der Waals surface area contributed by atoms with Crippen LogP contribution in [0.5, 0.6) is 0 Å². The fourth-order valence-electron chi connectivity index (χ4n) is 2.20. The molecule has 0 aliphatic carbocycles. The van der Waals surface area contributed by atoms with Crippen molar-refractivity contribution in [2.24, 2.45) is 4.99 Å². The molecule has 0 unspecified atom stereocenters. The first-order chi connectivity index (χ1) is 12.3. The Morgan fingerprint density at radius 3 is 2.52 bits per heavy atom. The minimum atomic E-state index is 0.628. The molecule has 25 heavy (non-hydrogen) atoms. The second-order valence-electron chi connectivity index (χ2n) is 5.49. The lowest BCUT2D eigenvalue weighted by Crippen LogP contribution is -2.38. The monoisotopic (exact) mass is 351 g/mol. The normalized spacial score (nSPS) is 11.6. The van der Waals surface area contributed by atoms with Gasteiger partial charge in [0.05, 0.1) is 26.4 Å². The van der Waals surface area contributed by atoms with Crippen LogP contribution in [0.1, 0.15) is 31.4 Å². The summed E-state index contributed by atoms with van der Waals surface area (Å²) in [5.74, 6) is 0.825. The molecule has 0 heterocycles. The Bertz CT molecular complexity index is 481. The predicted molar refractivity (Wildman–Crippen MR) is 102 cm³/mol. The number of methoxy groups -OCH3 is 1. The third kappa shape index (κ3) is 10.1. The molecule has 6 heteroatoms. The zero-order valence-electron chi connectivity index (χ0n) is 15.8. The van der Waals surface area contributed by atoms with Crippen molar-refractivity contribution >= 4 is 5.96 Å². The van der Waals surface area contributed by atoms with E-state index in [2.05, 4.69) is 34.7 Å². The number of aliphatic imine (C=N–C) groups is 1.